The Morgan fingerprint density at radius 3 is 1.52 bits per heavy atom. The fraction of sp³-hybridized carbons (Fsp3) is 1.00. The van der Waals surface area contributed by atoms with Crippen molar-refractivity contribution in [3.05, 3.63) is 0 Å². The molecule has 0 spiro atoms. The van der Waals surface area contributed by atoms with Gasteiger partial charge in [0.2, 0.25) is 0 Å². The van der Waals surface area contributed by atoms with Crippen LogP contribution in [0.4, 0.5) is 0 Å². The van der Waals surface area contributed by atoms with Gasteiger partial charge in [-0.15, -0.1) is 0 Å². The van der Waals surface area contributed by atoms with Crippen LogP contribution in [0.2, 0.25) is 64.5 Å². The second-order valence-electron chi connectivity index (χ2n) is 9.59. The van der Waals surface area contributed by atoms with Crippen molar-refractivity contribution in [3.63, 3.8) is 0 Å². The van der Waals surface area contributed by atoms with Crippen LogP contribution in [0.25, 0.3) is 0 Å². The summed E-state index contributed by atoms with van der Waals surface area (Å²) in [6.45, 7) is 19.6. The van der Waals surface area contributed by atoms with Gasteiger partial charge in [0.15, 0.2) is 16.6 Å². The van der Waals surface area contributed by atoms with E-state index < -0.39 is 33.8 Å². The molecule has 0 saturated carbocycles. The predicted octanol–water partition coefficient (Wildman–Crippen LogP) is 3.65. The van der Waals surface area contributed by atoms with Crippen molar-refractivity contribution in [2.45, 2.75) is 77.3 Å². The van der Waals surface area contributed by atoms with Crippen molar-refractivity contribution in [1.29, 1.82) is 0 Å². The summed E-state index contributed by atoms with van der Waals surface area (Å²) in [5, 5.41) is 17.7. The van der Waals surface area contributed by atoms with Gasteiger partial charge in [-0.2, -0.15) is 0 Å². The standard InChI is InChI=1S/C18H46O7Si4/c1-26(2,3)23-29(8,18-10-14-22-16-12-20)25-28(6,7)24-27(4,5)17-9-13-21-15-11-19/h19-20H,9-18H2,1-8H3. The molecule has 7 nitrogen and oxygen atoms in total. The molecular weight excluding hydrogens is 441 g/mol. The highest BCUT2D eigenvalue weighted by Gasteiger charge is 2.44. The number of hydrogen-bond acceptors (Lipinski definition) is 7. The molecule has 11 heteroatoms. The quantitative estimate of drug-likeness (QED) is 0.226. The van der Waals surface area contributed by atoms with Crippen LogP contribution in [-0.4, -0.2) is 83.6 Å². The van der Waals surface area contributed by atoms with Gasteiger partial charge in [-0.1, -0.05) is 0 Å². The van der Waals surface area contributed by atoms with E-state index in [9.17, 15) is 0 Å². The van der Waals surface area contributed by atoms with Gasteiger partial charge in [-0.05, 0) is 77.3 Å². The van der Waals surface area contributed by atoms with Crippen molar-refractivity contribution in [2.75, 3.05) is 39.6 Å². The zero-order chi connectivity index (χ0) is 22.6. The second kappa shape index (κ2) is 13.9. The second-order valence-corrected chi connectivity index (χ2v) is 25.9. The molecule has 0 aliphatic carbocycles. The maximum Gasteiger partial charge on any atom is 0.315 e. The van der Waals surface area contributed by atoms with Crippen molar-refractivity contribution in [3.8, 4) is 0 Å². The first-order valence-corrected chi connectivity index (χ1v) is 22.6. The molecule has 1 atom stereocenters. The molecule has 0 fully saturated rings. The third-order valence-corrected chi connectivity index (χ3v) is 18.8. The van der Waals surface area contributed by atoms with Crippen molar-refractivity contribution < 1.29 is 32.0 Å². The lowest BCUT2D eigenvalue weighted by Crippen LogP contribution is -2.57. The van der Waals surface area contributed by atoms with E-state index in [1.807, 2.05) is 0 Å². The average Bonchev–Trinajstić information content (AvgIpc) is 2.50. The van der Waals surface area contributed by atoms with E-state index in [-0.39, 0.29) is 13.2 Å². The first-order chi connectivity index (χ1) is 13.2. The monoisotopic (exact) mass is 486 g/mol. The van der Waals surface area contributed by atoms with Crippen LogP contribution in [0.1, 0.15) is 12.8 Å². The normalized spacial score (nSPS) is 15.5. The third kappa shape index (κ3) is 16.9. The molecular formula is C18H46O7Si4. The smallest absolute Gasteiger partial charge is 0.315 e. The van der Waals surface area contributed by atoms with E-state index >= 15 is 0 Å². The highest BCUT2D eigenvalue weighted by molar-refractivity contribution is 6.89. The van der Waals surface area contributed by atoms with Crippen LogP contribution >= 0.6 is 0 Å². The van der Waals surface area contributed by atoms with Gasteiger partial charge in [0.05, 0.1) is 26.4 Å². The fourth-order valence-corrected chi connectivity index (χ4v) is 22.2. The molecule has 0 aliphatic rings. The maximum absolute atomic E-state index is 8.86. The van der Waals surface area contributed by atoms with Crippen LogP contribution in [-0.2, 0) is 21.8 Å². The van der Waals surface area contributed by atoms with Crippen molar-refractivity contribution in [1.82, 2.24) is 0 Å². The molecule has 0 aromatic rings. The lowest BCUT2D eigenvalue weighted by atomic mass is 10.5. The van der Waals surface area contributed by atoms with Gasteiger partial charge in [0.1, 0.15) is 0 Å². The average molecular weight is 487 g/mol. The molecule has 0 aromatic heterocycles. The molecule has 0 heterocycles. The van der Waals surface area contributed by atoms with Gasteiger partial charge in [-0.3, -0.25) is 0 Å². The van der Waals surface area contributed by atoms with Crippen molar-refractivity contribution in [2.24, 2.45) is 0 Å². The maximum atomic E-state index is 8.86. The Kier molecular flexibility index (Phi) is 14.2. The summed E-state index contributed by atoms with van der Waals surface area (Å²) in [7, 11) is -8.42. The molecule has 0 aliphatic heterocycles. The number of hydrogen-bond donors (Lipinski definition) is 2. The molecule has 2 N–H and O–H groups in total. The summed E-state index contributed by atoms with van der Waals surface area (Å²) in [5.74, 6) is 0. The Labute approximate surface area is 182 Å². The number of aliphatic hydroxyl groups is 2. The molecule has 0 rings (SSSR count). The highest BCUT2D eigenvalue weighted by atomic mass is 28.5. The first-order valence-electron chi connectivity index (χ1n) is 10.7. The topological polar surface area (TPSA) is 86.6 Å². The van der Waals surface area contributed by atoms with E-state index in [0.717, 1.165) is 24.9 Å². The summed E-state index contributed by atoms with van der Waals surface area (Å²) in [5.41, 5.74) is 0. The molecule has 0 saturated heterocycles. The van der Waals surface area contributed by atoms with E-state index in [4.69, 9.17) is 32.0 Å². The van der Waals surface area contributed by atoms with Gasteiger partial charge in [0, 0.05) is 13.2 Å². The van der Waals surface area contributed by atoms with Crippen LogP contribution in [0.15, 0.2) is 0 Å². The van der Waals surface area contributed by atoms with Crippen LogP contribution in [0.5, 0.6) is 0 Å². The Hall–Kier alpha value is 0.588. The SMILES string of the molecule is C[Si](C)(C)O[Si](C)(CCCOCCO)O[Si](C)(C)O[Si](C)(C)CCCOCCO. The van der Waals surface area contributed by atoms with E-state index in [1.165, 1.54) is 0 Å². The Bertz CT molecular complexity index is 433. The highest BCUT2D eigenvalue weighted by Crippen LogP contribution is 2.29. The molecule has 1 unspecified atom stereocenters. The predicted molar refractivity (Wildman–Crippen MR) is 128 cm³/mol. The molecule has 0 amide bonds. The number of ether oxygens (including phenoxy) is 2. The summed E-state index contributed by atoms with van der Waals surface area (Å²) >= 11 is 0. The third-order valence-electron chi connectivity index (χ3n) is 3.96. The van der Waals surface area contributed by atoms with Gasteiger partial charge >= 0.3 is 17.1 Å². The molecule has 176 valence electrons. The Balaban J connectivity index is 4.84. The van der Waals surface area contributed by atoms with Crippen molar-refractivity contribution >= 4 is 33.8 Å². The summed E-state index contributed by atoms with van der Waals surface area (Å²) in [6.07, 6.45) is 1.80. The summed E-state index contributed by atoms with van der Waals surface area (Å²) in [6, 6.07) is 1.86. The van der Waals surface area contributed by atoms with Gasteiger partial charge < -0.3 is 32.0 Å². The van der Waals surface area contributed by atoms with Gasteiger partial charge in [0.25, 0.3) is 0 Å². The molecule has 0 bridgehead atoms. The molecule has 0 radical (unpaired) electrons. The zero-order valence-electron chi connectivity index (χ0n) is 20.0. The van der Waals surface area contributed by atoms with Gasteiger partial charge in [-0.25, -0.2) is 0 Å². The minimum Gasteiger partial charge on any atom is -0.437 e. The lowest BCUT2D eigenvalue weighted by Gasteiger charge is -2.42. The van der Waals surface area contributed by atoms with Crippen LogP contribution in [0.3, 0.4) is 0 Å². The molecule has 29 heavy (non-hydrogen) atoms. The van der Waals surface area contributed by atoms with Crippen LogP contribution < -0.4 is 0 Å². The lowest BCUT2D eigenvalue weighted by molar-refractivity contribution is 0.0918. The van der Waals surface area contributed by atoms with E-state index in [1.54, 1.807) is 0 Å². The zero-order valence-corrected chi connectivity index (χ0v) is 24.0. The van der Waals surface area contributed by atoms with Crippen LogP contribution in [0, 0.1) is 0 Å². The van der Waals surface area contributed by atoms with E-state index in [2.05, 4.69) is 52.4 Å². The summed E-state index contributed by atoms with van der Waals surface area (Å²) in [4.78, 5) is 0. The van der Waals surface area contributed by atoms with E-state index in [0.29, 0.717) is 26.4 Å². The first kappa shape index (κ1) is 29.6. The Morgan fingerprint density at radius 2 is 1.07 bits per heavy atom. The fourth-order valence-electron chi connectivity index (χ4n) is 3.46. The largest absolute Gasteiger partial charge is 0.437 e. The Morgan fingerprint density at radius 1 is 0.586 bits per heavy atom. The minimum atomic E-state index is -2.40. The number of rotatable bonds is 18. The minimum absolute atomic E-state index is 0.0507. The molecule has 0 aromatic carbocycles. The number of aliphatic hydroxyl groups excluding tert-OH is 2. The summed E-state index contributed by atoms with van der Waals surface area (Å²) < 4.78 is 30.8.